The van der Waals surface area contributed by atoms with Crippen LogP contribution in [-0.2, 0) is 4.74 Å². The Morgan fingerprint density at radius 2 is 1.09 bits per heavy atom. The zero-order valence-electron chi connectivity index (χ0n) is 32.1. The molecule has 0 aromatic heterocycles. The SMILES string of the molecule is C.C1CCOC1.Cc1ccc(C(=O)N2CCC(c3ccc(C#N)cc3)CC2)cc1C(=O)O.Cc1ccc(C(=O)N2CCC(c3ccc(C#N)cc3)CC2)cc1C=O. The molecule has 296 valence electrons. The number of nitrogens with zero attached hydrogens (tertiary/aromatic N) is 4. The van der Waals surface area contributed by atoms with Gasteiger partial charge in [0.1, 0.15) is 6.29 Å². The number of amides is 2. The molecule has 3 saturated heterocycles. The quantitative estimate of drug-likeness (QED) is 0.191. The Hall–Kier alpha value is -6.10. The van der Waals surface area contributed by atoms with Crippen molar-refractivity contribution < 1.29 is 29.0 Å². The summed E-state index contributed by atoms with van der Waals surface area (Å²) in [6, 6.07) is 29.7. The zero-order chi connectivity index (χ0) is 40.0. The largest absolute Gasteiger partial charge is 0.478 e. The smallest absolute Gasteiger partial charge is 0.335 e. The molecule has 7 rings (SSSR count). The van der Waals surface area contributed by atoms with E-state index in [2.05, 4.69) is 12.1 Å². The molecule has 3 fully saturated rings. The molecule has 3 aliphatic rings. The maximum Gasteiger partial charge on any atom is 0.335 e. The number of aromatic carboxylic acids is 1. The number of rotatable bonds is 6. The van der Waals surface area contributed by atoms with Crippen molar-refractivity contribution in [3.63, 3.8) is 0 Å². The van der Waals surface area contributed by atoms with Crippen molar-refractivity contribution in [1.29, 1.82) is 10.5 Å². The zero-order valence-corrected chi connectivity index (χ0v) is 32.1. The van der Waals surface area contributed by atoms with Gasteiger partial charge in [0, 0.05) is 56.1 Å². The first-order valence-corrected chi connectivity index (χ1v) is 19.2. The first kappa shape index (κ1) is 43.6. The van der Waals surface area contributed by atoms with Gasteiger partial charge in [-0.1, -0.05) is 43.8 Å². The van der Waals surface area contributed by atoms with Crippen molar-refractivity contribution >= 4 is 24.1 Å². The maximum absolute atomic E-state index is 12.7. The lowest BCUT2D eigenvalue weighted by molar-refractivity contribution is 0.0691. The molecule has 57 heavy (non-hydrogen) atoms. The number of aryl methyl sites for hydroxylation is 2. The van der Waals surface area contributed by atoms with Gasteiger partial charge in [0.2, 0.25) is 0 Å². The Labute approximate surface area is 336 Å². The van der Waals surface area contributed by atoms with E-state index in [1.165, 1.54) is 30.0 Å². The molecule has 10 heteroatoms. The molecule has 4 aromatic rings. The van der Waals surface area contributed by atoms with Crippen LogP contribution in [0.2, 0.25) is 0 Å². The first-order chi connectivity index (χ1) is 27.1. The highest BCUT2D eigenvalue weighted by Gasteiger charge is 2.26. The highest BCUT2D eigenvalue weighted by Crippen LogP contribution is 2.30. The Balaban J connectivity index is 0.000000221. The molecule has 0 spiro atoms. The summed E-state index contributed by atoms with van der Waals surface area (Å²) in [6.07, 6.45) is 6.88. The van der Waals surface area contributed by atoms with Gasteiger partial charge in [-0.3, -0.25) is 14.4 Å². The van der Waals surface area contributed by atoms with E-state index in [0.717, 1.165) is 50.7 Å². The van der Waals surface area contributed by atoms with Crippen LogP contribution < -0.4 is 0 Å². The molecular formula is C47H52N4O6. The van der Waals surface area contributed by atoms with Crippen LogP contribution in [0.25, 0.3) is 0 Å². The fraction of sp³-hybridized carbons (Fsp3) is 0.362. The van der Waals surface area contributed by atoms with E-state index in [9.17, 15) is 24.3 Å². The number of carboxylic acids is 1. The van der Waals surface area contributed by atoms with Crippen LogP contribution in [-0.4, -0.2) is 78.4 Å². The van der Waals surface area contributed by atoms with Gasteiger partial charge in [-0.05, 0) is 135 Å². The van der Waals surface area contributed by atoms with Crippen molar-refractivity contribution in [2.75, 3.05) is 39.4 Å². The van der Waals surface area contributed by atoms with Crippen molar-refractivity contribution in [3.8, 4) is 12.1 Å². The summed E-state index contributed by atoms with van der Waals surface area (Å²) in [7, 11) is 0. The fourth-order valence-corrected chi connectivity index (χ4v) is 7.25. The molecule has 0 radical (unpaired) electrons. The maximum atomic E-state index is 12.7. The second kappa shape index (κ2) is 21.3. The van der Waals surface area contributed by atoms with Gasteiger partial charge in [0.15, 0.2) is 0 Å². The van der Waals surface area contributed by atoms with Crippen LogP contribution in [0.1, 0.15) is 133 Å². The standard InChI is InChI=1S/C21H20N2O3.C21H20N2O2.C4H8O.CH4/c1-14-2-5-18(12-19(14)21(25)26)20(24)23-10-8-17(9-11-23)16-6-3-15(13-22)4-7-16;1-15-2-5-19(12-20(15)14-24)21(25)23-10-8-18(9-11-23)17-6-3-16(13-22)4-7-17;1-2-4-5-3-1;/h2-7,12,17H,8-11H2,1H3,(H,25,26);2-7,12,14,18H,8-11H2,1H3;1-4H2;1H4. The Morgan fingerprint density at radius 3 is 1.46 bits per heavy atom. The monoisotopic (exact) mass is 768 g/mol. The Kier molecular flexibility index (Phi) is 16.3. The minimum Gasteiger partial charge on any atom is -0.478 e. The molecule has 3 heterocycles. The van der Waals surface area contributed by atoms with E-state index in [0.29, 0.717) is 71.4 Å². The van der Waals surface area contributed by atoms with E-state index < -0.39 is 5.97 Å². The van der Waals surface area contributed by atoms with E-state index in [1.54, 1.807) is 36.1 Å². The molecule has 0 saturated carbocycles. The number of benzene rings is 4. The molecule has 0 unspecified atom stereocenters. The summed E-state index contributed by atoms with van der Waals surface area (Å²) in [5.74, 6) is -0.358. The predicted octanol–water partition coefficient (Wildman–Crippen LogP) is 8.72. The number of hydrogen-bond acceptors (Lipinski definition) is 7. The number of ether oxygens (including phenoxy) is 1. The molecule has 3 aliphatic heterocycles. The first-order valence-electron chi connectivity index (χ1n) is 19.2. The normalized spacial score (nSPS) is 15.3. The van der Waals surface area contributed by atoms with Crippen molar-refractivity contribution in [2.24, 2.45) is 0 Å². The molecule has 0 aliphatic carbocycles. The topological polar surface area (TPSA) is 152 Å². The fourth-order valence-electron chi connectivity index (χ4n) is 7.25. The van der Waals surface area contributed by atoms with Gasteiger partial charge >= 0.3 is 5.97 Å². The highest BCUT2D eigenvalue weighted by molar-refractivity contribution is 5.98. The molecule has 4 aromatic carbocycles. The van der Waals surface area contributed by atoms with Gasteiger partial charge in [-0.2, -0.15) is 10.5 Å². The summed E-state index contributed by atoms with van der Waals surface area (Å²) >= 11 is 0. The third-order valence-corrected chi connectivity index (χ3v) is 10.8. The summed E-state index contributed by atoms with van der Waals surface area (Å²) in [4.78, 5) is 51.4. The van der Waals surface area contributed by atoms with Crippen molar-refractivity contribution in [2.45, 2.75) is 71.6 Å². The molecule has 2 amide bonds. The average Bonchev–Trinajstić information content (AvgIpc) is 3.85. The minimum atomic E-state index is -1.02. The van der Waals surface area contributed by atoms with Crippen LogP contribution in [0.3, 0.4) is 0 Å². The van der Waals surface area contributed by atoms with Crippen molar-refractivity contribution in [1.82, 2.24) is 9.80 Å². The lowest BCUT2D eigenvalue weighted by Crippen LogP contribution is -2.38. The average molecular weight is 769 g/mol. The summed E-state index contributed by atoms with van der Waals surface area (Å²) < 4.78 is 4.94. The van der Waals surface area contributed by atoms with Gasteiger partial charge in [0.05, 0.1) is 28.8 Å². The second-order valence-corrected chi connectivity index (χ2v) is 14.4. The molecular weight excluding hydrogens is 717 g/mol. The van der Waals surface area contributed by atoms with Gasteiger partial charge < -0.3 is 19.6 Å². The van der Waals surface area contributed by atoms with Crippen LogP contribution in [0.5, 0.6) is 0 Å². The molecule has 10 nitrogen and oxygen atoms in total. The van der Waals surface area contributed by atoms with E-state index in [4.69, 9.17) is 15.3 Å². The minimum absolute atomic E-state index is 0. The molecule has 0 atom stereocenters. The number of carboxylic acid groups (broad SMARTS) is 1. The van der Waals surface area contributed by atoms with Crippen LogP contribution in [0.15, 0.2) is 84.9 Å². The van der Waals surface area contributed by atoms with Crippen LogP contribution in [0, 0.1) is 36.5 Å². The van der Waals surface area contributed by atoms with Gasteiger partial charge in [-0.25, -0.2) is 4.79 Å². The van der Waals surface area contributed by atoms with Crippen LogP contribution >= 0.6 is 0 Å². The lowest BCUT2D eigenvalue weighted by Gasteiger charge is -2.32. The summed E-state index contributed by atoms with van der Waals surface area (Å²) in [5, 5.41) is 27.0. The second-order valence-electron chi connectivity index (χ2n) is 14.4. The van der Waals surface area contributed by atoms with E-state index >= 15 is 0 Å². The number of hydrogen-bond donors (Lipinski definition) is 1. The lowest BCUT2D eigenvalue weighted by atomic mass is 9.89. The van der Waals surface area contributed by atoms with E-state index in [1.807, 2.05) is 66.4 Å². The molecule has 1 N–H and O–H groups in total. The predicted molar refractivity (Wildman–Crippen MR) is 220 cm³/mol. The van der Waals surface area contributed by atoms with Gasteiger partial charge in [-0.15, -0.1) is 0 Å². The number of carbonyl (C=O) groups is 4. The van der Waals surface area contributed by atoms with Crippen LogP contribution in [0.4, 0.5) is 0 Å². The number of carbonyl (C=O) groups excluding carboxylic acids is 3. The number of likely N-dealkylation sites (tertiary alicyclic amines) is 2. The number of piperidine rings is 2. The summed E-state index contributed by atoms with van der Waals surface area (Å²) in [5.41, 5.74) is 7.00. The molecule has 0 bridgehead atoms. The number of nitriles is 2. The van der Waals surface area contributed by atoms with Gasteiger partial charge in [0.25, 0.3) is 11.8 Å². The summed E-state index contributed by atoms with van der Waals surface area (Å²) in [6.45, 7) is 8.27. The Morgan fingerprint density at radius 1 is 0.667 bits per heavy atom. The third-order valence-electron chi connectivity index (χ3n) is 10.8. The highest BCUT2D eigenvalue weighted by atomic mass is 16.5. The van der Waals surface area contributed by atoms with Crippen molar-refractivity contribution in [3.05, 3.63) is 141 Å². The van der Waals surface area contributed by atoms with E-state index in [-0.39, 0.29) is 24.8 Å². The third kappa shape index (κ3) is 11.7. The Bertz CT molecular complexity index is 2070. The number of aldehydes is 1.